The van der Waals surface area contributed by atoms with Crippen LogP contribution in [0, 0.1) is 0 Å². The number of aliphatic hydroxyl groups excluding tert-OH is 2. The van der Waals surface area contributed by atoms with Crippen molar-refractivity contribution in [3.8, 4) is 0 Å². The van der Waals surface area contributed by atoms with Gasteiger partial charge in [0.1, 0.15) is 0 Å². The van der Waals surface area contributed by atoms with Crippen LogP contribution >= 0.6 is 0 Å². The molecule has 338 valence electrons. The highest BCUT2D eigenvalue weighted by atomic mass is 16.5. The zero-order valence-corrected chi connectivity index (χ0v) is 38.3. The van der Waals surface area contributed by atoms with Gasteiger partial charge in [-0.2, -0.15) is 0 Å². The smallest absolute Gasteiger partial charge is 0.305 e. The van der Waals surface area contributed by atoms with E-state index in [1.807, 2.05) is 6.08 Å². The maximum absolute atomic E-state index is 12.4. The number of allylic oxidation sites excluding steroid dienone is 7. The van der Waals surface area contributed by atoms with Crippen molar-refractivity contribution in [3.05, 3.63) is 48.6 Å². The first-order valence-electron chi connectivity index (χ1n) is 24.9. The van der Waals surface area contributed by atoms with Crippen molar-refractivity contribution < 1.29 is 24.5 Å². The molecule has 2 atom stereocenters. The highest BCUT2D eigenvalue weighted by Gasteiger charge is 2.18. The normalized spacial score (nSPS) is 13.1. The maximum atomic E-state index is 12.4. The Morgan fingerprint density at radius 3 is 1.34 bits per heavy atom. The van der Waals surface area contributed by atoms with Gasteiger partial charge in [0.15, 0.2) is 0 Å². The molecule has 0 aromatic heterocycles. The highest BCUT2D eigenvalue weighted by Crippen LogP contribution is 2.14. The molecule has 0 heterocycles. The molecule has 0 aliphatic carbocycles. The van der Waals surface area contributed by atoms with Crippen molar-refractivity contribution in [2.45, 2.75) is 257 Å². The summed E-state index contributed by atoms with van der Waals surface area (Å²) in [5.41, 5.74) is 0. The van der Waals surface area contributed by atoms with Crippen molar-refractivity contribution in [1.82, 2.24) is 5.32 Å². The van der Waals surface area contributed by atoms with Gasteiger partial charge in [-0.3, -0.25) is 9.59 Å². The molecular weight excluding hydrogens is 719 g/mol. The fourth-order valence-corrected chi connectivity index (χ4v) is 7.18. The first-order valence-corrected chi connectivity index (χ1v) is 24.9. The molecule has 1 amide bonds. The molecular formula is C52H95NO5. The lowest BCUT2D eigenvalue weighted by Gasteiger charge is -2.20. The van der Waals surface area contributed by atoms with E-state index in [-0.39, 0.29) is 18.5 Å². The lowest BCUT2D eigenvalue weighted by Crippen LogP contribution is -2.45. The van der Waals surface area contributed by atoms with Crippen LogP contribution in [0.15, 0.2) is 48.6 Å². The number of carbonyl (C=O) groups excluding carboxylic acids is 2. The van der Waals surface area contributed by atoms with Crippen LogP contribution in [0.4, 0.5) is 0 Å². The lowest BCUT2D eigenvalue weighted by atomic mass is 10.0. The summed E-state index contributed by atoms with van der Waals surface area (Å²) in [4.78, 5) is 24.4. The molecule has 0 aliphatic heterocycles. The second-order valence-corrected chi connectivity index (χ2v) is 16.8. The number of unbranched alkanes of at least 4 members (excludes halogenated alkanes) is 28. The van der Waals surface area contributed by atoms with E-state index in [0.29, 0.717) is 19.4 Å². The molecule has 2 unspecified atom stereocenters. The number of esters is 1. The second kappa shape index (κ2) is 47.5. The Kier molecular flexibility index (Phi) is 45.7. The van der Waals surface area contributed by atoms with Gasteiger partial charge in [-0.25, -0.2) is 0 Å². The number of hydrogen-bond donors (Lipinski definition) is 3. The van der Waals surface area contributed by atoms with Crippen LogP contribution in [0.5, 0.6) is 0 Å². The number of ether oxygens (including phenoxy) is 1. The molecule has 58 heavy (non-hydrogen) atoms. The van der Waals surface area contributed by atoms with E-state index in [2.05, 4.69) is 55.6 Å². The van der Waals surface area contributed by atoms with Crippen LogP contribution in [-0.2, 0) is 14.3 Å². The standard InChI is InChI=1S/C52H95NO5/c1-3-5-7-9-11-13-15-17-18-19-20-21-23-25-30-34-38-42-46-52(57)58-47-43-39-35-31-27-26-29-33-37-41-45-51(56)53-49(48-54)50(55)44-40-36-32-28-24-22-16-14-12-10-8-6-4-2/h13,15,18-19,27,31,40,44,49-50,54-55H,3-12,14,16-17,20-26,28-30,32-39,41-43,45-48H2,1-2H3,(H,53,56)/b15-13-,19-18-,31-27-,44-40+. The van der Waals surface area contributed by atoms with Gasteiger partial charge in [0.05, 0.1) is 25.4 Å². The minimum Gasteiger partial charge on any atom is -0.466 e. The van der Waals surface area contributed by atoms with E-state index >= 15 is 0 Å². The number of amides is 1. The molecule has 0 aromatic carbocycles. The Balaban J connectivity index is 3.57. The summed E-state index contributed by atoms with van der Waals surface area (Å²) in [6.45, 7) is 4.77. The van der Waals surface area contributed by atoms with Crippen LogP contribution < -0.4 is 5.32 Å². The van der Waals surface area contributed by atoms with E-state index in [4.69, 9.17) is 4.74 Å². The first-order chi connectivity index (χ1) is 28.5. The molecule has 0 saturated heterocycles. The van der Waals surface area contributed by atoms with Crippen LogP contribution in [-0.4, -0.2) is 47.4 Å². The maximum Gasteiger partial charge on any atom is 0.305 e. The van der Waals surface area contributed by atoms with E-state index < -0.39 is 12.1 Å². The number of rotatable bonds is 45. The molecule has 0 fully saturated rings. The molecule has 0 bridgehead atoms. The van der Waals surface area contributed by atoms with Crippen LogP contribution in [0.3, 0.4) is 0 Å². The summed E-state index contributed by atoms with van der Waals surface area (Å²) >= 11 is 0. The van der Waals surface area contributed by atoms with E-state index in [1.165, 1.54) is 135 Å². The zero-order valence-electron chi connectivity index (χ0n) is 38.3. The molecule has 0 radical (unpaired) electrons. The summed E-state index contributed by atoms with van der Waals surface area (Å²) in [6.07, 6.45) is 58.2. The van der Waals surface area contributed by atoms with E-state index in [9.17, 15) is 19.8 Å². The van der Waals surface area contributed by atoms with Gasteiger partial charge in [-0.05, 0) is 89.9 Å². The van der Waals surface area contributed by atoms with Crippen LogP contribution in [0.25, 0.3) is 0 Å². The Bertz CT molecular complexity index is 988. The Morgan fingerprint density at radius 1 is 0.483 bits per heavy atom. The molecule has 6 heteroatoms. The Labute approximate surface area is 359 Å². The summed E-state index contributed by atoms with van der Waals surface area (Å²) < 4.78 is 5.43. The van der Waals surface area contributed by atoms with Gasteiger partial charge >= 0.3 is 5.97 Å². The number of carbonyl (C=O) groups is 2. The van der Waals surface area contributed by atoms with Crippen LogP contribution in [0.2, 0.25) is 0 Å². The summed E-state index contributed by atoms with van der Waals surface area (Å²) in [5.74, 6) is -0.153. The molecule has 0 rings (SSSR count). The van der Waals surface area contributed by atoms with E-state index in [1.54, 1.807) is 6.08 Å². The van der Waals surface area contributed by atoms with Crippen molar-refractivity contribution in [3.63, 3.8) is 0 Å². The number of nitrogens with one attached hydrogen (secondary N) is 1. The number of hydrogen-bond acceptors (Lipinski definition) is 5. The fourth-order valence-electron chi connectivity index (χ4n) is 7.18. The van der Waals surface area contributed by atoms with Gasteiger partial charge in [0, 0.05) is 12.8 Å². The molecule has 0 aromatic rings. The monoisotopic (exact) mass is 814 g/mol. The topological polar surface area (TPSA) is 95.9 Å². The Hall–Kier alpha value is -2.18. The first kappa shape index (κ1) is 55.8. The van der Waals surface area contributed by atoms with Crippen molar-refractivity contribution in [1.29, 1.82) is 0 Å². The van der Waals surface area contributed by atoms with Crippen molar-refractivity contribution in [2.24, 2.45) is 0 Å². The summed E-state index contributed by atoms with van der Waals surface area (Å²) in [7, 11) is 0. The molecule has 6 nitrogen and oxygen atoms in total. The quantitative estimate of drug-likeness (QED) is 0.0323. The molecule has 0 aliphatic rings. The summed E-state index contributed by atoms with van der Waals surface area (Å²) in [6, 6.07) is -0.654. The van der Waals surface area contributed by atoms with Crippen molar-refractivity contribution >= 4 is 11.9 Å². The highest BCUT2D eigenvalue weighted by molar-refractivity contribution is 5.76. The largest absolute Gasteiger partial charge is 0.466 e. The van der Waals surface area contributed by atoms with Gasteiger partial charge in [-0.15, -0.1) is 0 Å². The molecule has 3 N–H and O–H groups in total. The number of aliphatic hydroxyl groups is 2. The second-order valence-electron chi connectivity index (χ2n) is 16.8. The predicted molar refractivity (Wildman–Crippen MR) is 250 cm³/mol. The average molecular weight is 814 g/mol. The van der Waals surface area contributed by atoms with Gasteiger partial charge < -0.3 is 20.3 Å². The van der Waals surface area contributed by atoms with Crippen molar-refractivity contribution in [2.75, 3.05) is 13.2 Å². The molecule has 0 saturated carbocycles. The van der Waals surface area contributed by atoms with Gasteiger partial charge in [0.2, 0.25) is 5.91 Å². The minimum absolute atomic E-state index is 0.0469. The van der Waals surface area contributed by atoms with E-state index in [0.717, 1.165) is 83.5 Å². The minimum atomic E-state index is -0.866. The fraction of sp³-hybridized carbons (Fsp3) is 0.808. The van der Waals surface area contributed by atoms with Crippen LogP contribution in [0.1, 0.15) is 245 Å². The predicted octanol–water partition coefficient (Wildman–Crippen LogP) is 14.7. The average Bonchev–Trinajstić information content (AvgIpc) is 3.22. The third kappa shape index (κ3) is 43.4. The SMILES string of the molecule is CCCCCC/C=C\C/C=C\CCCCCCCCCC(=O)OCCCC/C=C\CCCCCCC(=O)NC(CO)C(O)/C=C/CCCCCCCCCCCCC. The zero-order chi connectivity index (χ0) is 42.3. The third-order valence-corrected chi connectivity index (χ3v) is 11.1. The lowest BCUT2D eigenvalue weighted by molar-refractivity contribution is -0.143. The molecule has 0 spiro atoms. The van der Waals surface area contributed by atoms with Gasteiger partial charge in [0.25, 0.3) is 0 Å². The third-order valence-electron chi connectivity index (χ3n) is 11.1. The summed E-state index contributed by atoms with van der Waals surface area (Å²) in [5, 5.41) is 23.0. The van der Waals surface area contributed by atoms with Gasteiger partial charge in [-0.1, -0.05) is 191 Å². The Morgan fingerprint density at radius 2 is 0.862 bits per heavy atom.